The van der Waals surface area contributed by atoms with E-state index in [1.807, 2.05) is 7.05 Å². The predicted molar refractivity (Wildman–Crippen MR) is 84.5 cm³/mol. The zero-order valence-electron chi connectivity index (χ0n) is 13.1. The summed E-state index contributed by atoms with van der Waals surface area (Å²) in [6, 6.07) is 4.22. The Kier molecular flexibility index (Phi) is 4.23. The van der Waals surface area contributed by atoms with E-state index in [-0.39, 0.29) is 29.8 Å². The molecule has 1 amide bonds. The lowest BCUT2D eigenvalue weighted by Gasteiger charge is -2.45. The second-order valence-corrected chi connectivity index (χ2v) is 7.22. The van der Waals surface area contributed by atoms with E-state index < -0.39 is 0 Å². The number of carbonyl (C=O) groups excluding carboxylic acids is 2. The van der Waals surface area contributed by atoms with E-state index >= 15 is 0 Å². The van der Waals surface area contributed by atoms with Crippen LogP contribution in [0.3, 0.4) is 0 Å². The zero-order valence-corrected chi connectivity index (χ0v) is 13.9. The fourth-order valence-corrected chi connectivity index (χ4v) is 4.58. The molecule has 0 saturated carbocycles. The fraction of sp³-hybridized carbons (Fsp3) is 0.625. The zero-order chi connectivity index (χ0) is 15.7. The number of methoxy groups -OCH3 is 1. The molecule has 0 bridgehead atoms. The van der Waals surface area contributed by atoms with Gasteiger partial charge >= 0.3 is 5.97 Å². The molecular weight excluding hydrogens is 300 g/mol. The third kappa shape index (κ3) is 2.54. The van der Waals surface area contributed by atoms with Gasteiger partial charge in [-0.1, -0.05) is 6.07 Å². The standard InChI is InChI=1S/C16H22N2O3S/c1-17-14(19)10-13(15(20)21-2)16(17)5-7-18(8-6-16)11-12-4-3-9-22-12/h3-4,9,13H,5-8,10-11H2,1-2H3. The molecule has 0 radical (unpaired) electrons. The van der Waals surface area contributed by atoms with Crippen LogP contribution in [0.15, 0.2) is 17.5 Å². The van der Waals surface area contributed by atoms with Crippen LogP contribution in [0.4, 0.5) is 0 Å². The minimum Gasteiger partial charge on any atom is -0.469 e. The molecule has 3 heterocycles. The van der Waals surface area contributed by atoms with Gasteiger partial charge in [0.2, 0.25) is 5.91 Å². The van der Waals surface area contributed by atoms with Crippen molar-refractivity contribution >= 4 is 23.2 Å². The fourth-order valence-electron chi connectivity index (χ4n) is 3.83. The molecule has 2 aliphatic rings. The number of ether oxygens (including phenoxy) is 1. The largest absolute Gasteiger partial charge is 0.469 e. The molecule has 0 aromatic carbocycles. The summed E-state index contributed by atoms with van der Waals surface area (Å²) in [5, 5.41) is 2.09. The van der Waals surface area contributed by atoms with Crippen LogP contribution < -0.4 is 0 Å². The van der Waals surface area contributed by atoms with Crippen LogP contribution in [0, 0.1) is 5.92 Å². The highest BCUT2D eigenvalue weighted by atomic mass is 32.1. The smallest absolute Gasteiger partial charge is 0.311 e. The Hall–Kier alpha value is -1.40. The molecule has 2 saturated heterocycles. The number of carbonyl (C=O) groups is 2. The van der Waals surface area contributed by atoms with Crippen LogP contribution in [0.1, 0.15) is 24.1 Å². The van der Waals surface area contributed by atoms with Crippen LogP contribution >= 0.6 is 11.3 Å². The number of likely N-dealkylation sites (tertiary alicyclic amines) is 2. The molecule has 1 aromatic heterocycles. The van der Waals surface area contributed by atoms with Crippen LogP contribution in [0.25, 0.3) is 0 Å². The van der Waals surface area contributed by atoms with Crippen molar-refractivity contribution in [3.8, 4) is 0 Å². The SMILES string of the molecule is COC(=O)C1CC(=O)N(C)C12CCN(Cc1cccs1)CC2. The van der Waals surface area contributed by atoms with Gasteiger partial charge in [0.1, 0.15) is 0 Å². The van der Waals surface area contributed by atoms with E-state index in [1.165, 1.54) is 12.0 Å². The van der Waals surface area contributed by atoms with E-state index in [9.17, 15) is 9.59 Å². The van der Waals surface area contributed by atoms with Gasteiger partial charge in [-0.2, -0.15) is 0 Å². The van der Waals surface area contributed by atoms with E-state index in [4.69, 9.17) is 4.74 Å². The van der Waals surface area contributed by atoms with Gasteiger partial charge in [-0.25, -0.2) is 0 Å². The van der Waals surface area contributed by atoms with E-state index in [0.717, 1.165) is 32.5 Å². The highest BCUT2D eigenvalue weighted by Gasteiger charge is 2.55. The molecule has 1 aromatic rings. The van der Waals surface area contributed by atoms with Crippen molar-refractivity contribution < 1.29 is 14.3 Å². The average Bonchev–Trinajstić information content (AvgIpc) is 3.12. The molecular formula is C16H22N2O3S. The molecule has 22 heavy (non-hydrogen) atoms. The van der Waals surface area contributed by atoms with Crippen LogP contribution in [0.5, 0.6) is 0 Å². The minimum absolute atomic E-state index is 0.0575. The first-order valence-corrected chi connectivity index (χ1v) is 8.54. The van der Waals surface area contributed by atoms with Gasteiger partial charge < -0.3 is 9.64 Å². The van der Waals surface area contributed by atoms with E-state index in [1.54, 1.807) is 16.2 Å². The Bertz CT molecular complexity index is 550. The normalized spacial score (nSPS) is 24.9. The summed E-state index contributed by atoms with van der Waals surface area (Å²) >= 11 is 1.77. The number of thiophene rings is 1. The number of nitrogens with zero attached hydrogens (tertiary/aromatic N) is 2. The lowest BCUT2D eigenvalue weighted by Crippen LogP contribution is -2.56. The Morgan fingerprint density at radius 3 is 2.77 bits per heavy atom. The number of amides is 1. The molecule has 0 aliphatic carbocycles. The second kappa shape index (κ2) is 6.01. The quantitative estimate of drug-likeness (QED) is 0.795. The summed E-state index contributed by atoms with van der Waals surface area (Å²) in [5.74, 6) is -0.509. The summed E-state index contributed by atoms with van der Waals surface area (Å²) in [7, 11) is 3.24. The van der Waals surface area contributed by atoms with Crippen molar-refractivity contribution in [2.24, 2.45) is 5.92 Å². The van der Waals surface area contributed by atoms with Gasteiger partial charge in [-0.3, -0.25) is 14.5 Å². The van der Waals surface area contributed by atoms with E-state index in [0.29, 0.717) is 0 Å². The van der Waals surface area contributed by atoms with Crippen molar-refractivity contribution in [3.05, 3.63) is 22.4 Å². The van der Waals surface area contributed by atoms with Crippen molar-refractivity contribution in [2.75, 3.05) is 27.2 Å². The summed E-state index contributed by atoms with van der Waals surface area (Å²) < 4.78 is 4.94. The van der Waals surface area contributed by atoms with Crippen LogP contribution in [0.2, 0.25) is 0 Å². The van der Waals surface area contributed by atoms with Crippen molar-refractivity contribution in [1.82, 2.24) is 9.80 Å². The molecule has 1 atom stereocenters. The molecule has 2 fully saturated rings. The van der Waals surface area contributed by atoms with Crippen molar-refractivity contribution in [3.63, 3.8) is 0 Å². The number of hydrogen-bond donors (Lipinski definition) is 0. The van der Waals surface area contributed by atoms with Gasteiger partial charge in [0.25, 0.3) is 0 Å². The van der Waals surface area contributed by atoms with Gasteiger partial charge in [0.15, 0.2) is 0 Å². The Morgan fingerprint density at radius 1 is 1.45 bits per heavy atom. The maximum absolute atomic E-state index is 12.1. The van der Waals surface area contributed by atoms with Crippen LogP contribution in [-0.2, 0) is 20.9 Å². The molecule has 6 heteroatoms. The number of piperidine rings is 1. The molecule has 120 valence electrons. The summed E-state index contributed by atoms with van der Waals surface area (Å²) in [5.41, 5.74) is -0.351. The number of hydrogen-bond acceptors (Lipinski definition) is 5. The third-order valence-corrected chi connectivity index (χ3v) is 6.10. The first-order valence-electron chi connectivity index (χ1n) is 7.66. The van der Waals surface area contributed by atoms with Gasteiger partial charge in [-0.05, 0) is 24.3 Å². The van der Waals surface area contributed by atoms with Gasteiger partial charge in [0, 0.05) is 38.0 Å². The Morgan fingerprint density at radius 2 is 2.18 bits per heavy atom. The maximum Gasteiger partial charge on any atom is 0.311 e. The topological polar surface area (TPSA) is 49.9 Å². The molecule has 2 aliphatic heterocycles. The lowest BCUT2D eigenvalue weighted by atomic mass is 9.77. The highest BCUT2D eigenvalue weighted by Crippen LogP contribution is 2.43. The highest BCUT2D eigenvalue weighted by molar-refractivity contribution is 7.09. The van der Waals surface area contributed by atoms with E-state index in [2.05, 4.69) is 22.4 Å². The van der Waals surface area contributed by atoms with Crippen molar-refractivity contribution in [2.45, 2.75) is 31.3 Å². The van der Waals surface area contributed by atoms with Crippen LogP contribution in [-0.4, -0.2) is 54.5 Å². The second-order valence-electron chi connectivity index (χ2n) is 6.19. The average molecular weight is 322 g/mol. The summed E-state index contributed by atoms with van der Waals surface area (Å²) in [6.07, 6.45) is 1.95. The number of rotatable bonds is 3. The third-order valence-electron chi connectivity index (χ3n) is 5.24. The maximum atomic E-state index is 12.1. The predicted octanol–water partition coefficient (Wildman–Crippen LogP) is 1.73. The summed E-state index contributed by atoms with van der Waals surface area (Å²) in [4.78, 5) is 29.8. The molecule has 3 rings (SSSR count). The first kappa shape index (κ1) is 15.5. The minimum atomic E-state index is -0.351. The van der Waals surface area contributed by atoms with Crippen molar-refractivity contribution in [1.29, 1.82) is 0 Å². The Balaban J connectivity index is 1.71. The molecule has 5 nitrogen and oxygen atoms in total. The first-order chi connectivity index (χ1) is 10.6. The van der Waals surface area contributed by atoms with Gasteiger partial charge in [0.05, 0.1) is 18.6 Å². The molecule has 0 N–H and O–H groups in total. The molecule has 1 spiro atoms. The summed E-state index contributed by atoms with van der Waals surface area (Å²) in [6.45, 7) is 2.76. The monoisotopic (exact) mass is 322 g/mol. The van der Waals surface area contributed by atoms with Gasteiger partial charge in [-0.15, -0.1) is 11.3 Å². The lowest BCUT2D eigenvalue weighted by molar-refractivity contribution is -0.149. The number of esters is 1. The molecule has 1 unspecified atom stereocenters. The Labute approximate surface area is 134 Å².